The molecule has 5 aromatic rings. The fraction of sp³-hybridized carbons (Fsp3) is 0.297. The number of imidazole rings is 1. The number of amides is 1. The molecule has 1 aliphatic carbocycles. The van der Waals surface area contributed by atoms with E-state index in [-0.39, 0.29) is 17.7 Å². The summed E-state index contributed by atoms with van der Waals surface area (Å²) < 4.78 is 2.21. The second-order valence-corrected chi connectivity index (χ2v) is 11.8. The number of rotatable bonds is 10. The Morgan fingerprint density at radius 2 is 1.80 bits per heavy atom. The Morgan fingerprint density at radius 3 is 2.57 bits per heavy atom. The summed E-state index contributed by atoms with van der Waals surface area (Å²) in [6.07, 6.45) is 7.31. The van der Waals surface area contributed by atoms with Crippen LogP contribution in [0.25, 0.3) is 32.9 Å². The van der Waals surface area contributed by atoms with Crippen LogP contribution in [0.15, 0.2) is 78.9 Å². The Kier molecular flexibility index (Phi) is 8.55. The summed E-state index contributed by atoms with van der Waals surface area (Å²) in [5.41, 5.74) is 5.42. The fourth-order valence-electron chi connectivity index (χ4n) is 6.55. The third kappa shape index (κ3) is 5.87. The highest BCUT2D eigenvalue weighted by Crippen LogP contribution is 2.32. The number of carboxylic acid groups (broad SMARTS) is 1. The van der Waals surface area contributed by atoms with Crippen LogP contribution in [-0.2, 0) is 22.6 Å². The average Bonchev–Trinajstić information content (AvgIpc) is 3.39. The van der Waals surface area contributed by atoms with Gasteiger partial charge in [0.15, 0.2) is 0 Å². The van der Waals surface area contributed by atoms with Crippen molar-refractivity contribution < 1.29 is 19.5 Å². The minimum absolute atomic E-state index is 0.0940. The van der Waals surface area contributed by atoms with Crippen molar-refractivity contribution in [2.24, 2.45) is 11.8 Å². The number of carbonyl (C=O) groups excluding carboxylic acids is 2. The molecule has 1 aliphatic rings. The van der Waals surface area contributed by atoms with Gasteiger partial charge in [-0.15, -0.1) is 0 Å². The van der Waals surface area contributed by atoms with Gasteiger partial charge in [-0.3, -0.25) is 4.79 Å². The largest absolute Gasteiger partial charge is 0.478 e. The number of hydrogen-bond donors (Lipinski definition) is 2. The summed E-state index contributed by atoms with van der Waals surface area (Å²) in [6.45, 7) is 2.75. The Hall–Kier alpha value is -4.78. The number of carboxylic acids is 1. The number of fused-ring (bicyclic) bond motifs is 2. The number of aldehydes is 1. The van der Waals surface area contributed by atoms with Crippen LogP contribution in [0.4, 0.5) is 5.69 Å². The van der Waals surface area contributed by atoms with Crippen LogP contribution in [0.2, 0.25) is 0 Å². The number of carbonyl (C=O) groups is 3. The smallest absolute Gasteiger partial charge is 0.336 e. The van der Waals surface area contributed by atoms with Crippen molar-refractivity contribution in [3.63, 3.8) is 0 Å². The first-order valence-corrected chi connectivity index (χ1v) is 15.6. The summed E-state index contributed by atoms with van der Waals surface area (Å²) in [4.78, 5) is 42.0. The first-order valence-electron chi connectivity index (χ1n) is 15.6. The highest BCUT2D eigenvalue weighted by molar-refractivity contribution is 6.09. The molecule has 0 bridgehead atoms. The van der Waals surface area contributed by atoms with Crippen LogP contribution in [0, 0.1) is 11.8 Å². The van der Waals surface area contributed by atoms with E-state index in [1.807, 2.05) is 78.9 Å². The third-order valence-corrected chi connectivity index (χ3v) is 8.93. The first kappa shape index (κ1) is 29.3. The van der Waals surface area contributed by atoms with Gasteiger partial charge in [0.05, 0.1) is 16.6 Å². The van der Waals surface area contributed by atoms with Crippen LogP contribution < -0.4 is 5.32 Å². The Morgan fingerprint density at radius 1 is 1.00 bits per heavy atom. The van der Waals surface area contributed by atoms with Crippen LogP contribution in [-0.4, -0.2) is 32.8 Å². The molecule has 0 radical (unpaired) electrons. The predicted octanol–water partition coefficient (Wildman–Crippen LogP) is 7.89. The summed E-state index contributed by atoms with van der Waals surface area (Å²) in [7, 11) is 0. The highest BCUT2D eigenvalue weighted by atomic mass is 16.4. The summed E-state index contributed by atoms with van der Waals surface area (Å²) >= 11 is 0. The quantitative estimate of drug-likeness (QED) is 0.162. The lowest BCUT2D eigenvalue weighted by atomic mass is 9.79. The zero-order valence-electron chi connectivity index (χ0n) is 25.0. The van der Waals surface area contributed by atoms with Crippen molar-refractivity contribution >= 4 is 45.7 Å². The van der Waals surface area contributed by atoms with Gasteiger partial charge in [-0.1, -0.05) is 86.8 Å². The molecule has 1 fully saturated rings. The van der Waals surface area contributed by atoms with E-state index in [0.29, 0.717) is 23.4 Å². The van der Waals surface area contributed by atoms with Crippen molar-refractivity contribution in [2.75, 3.05) is 5.32 Å². The molecule has 2 atom stereocenters. The minimum atomic E-state index is -0.945. The molecule has 2 N–H and O–H groups in total. The second kappa shape index (κ2) is 12.8. The van der Waals surface area contributed by atoms with Gasteiger partial charge in [-0.05, 0) is 64.9 Å². The molecule has 1 heterocycles. The summed E-state index contributed by atoms with van der Waals surface area (Å²) in [5.74, 6) is -0.555. The number of nitrogens with zero attached hydrogens (tertiary/aromatic N) is 2. The zero-order chi connectivity index (χ0) is 30.6. The molecule has 0 saturated heterocycles. The SMILES string of the molecule is CCCCc1nc2ccc(NC(=O)[C@@H]3CCCC[C@@H]3C=O)cc2n1Cc1ccc(-c2ccc3ccccc3c2C(=O)O)cc1. The summed E-state index contributed by atoms with van der Waals surface area (Å²) in [6, 6.07) is 25.3. The van der Waals surface area contributed by atoms with E-state index in [9.17, 15) is 19.5 Å². The van der Waals surface area contributed by atoms with E-state index in [4.69, 9.17) is 4.98 Å². The third-order valence-electron chi connectivity index (χ3n) is 8.93. The highest BCUT2D eigenvalue weighted by Gasteiger charge is 2.30. The van der Waals surface area contributed by atoms with E-state index in [0.717, 1.165) is 90.0 Å². The molecule has 1 aromatic heterocycles. The maximum Gasteiger partial charge on any atom is 0.336 e. The van der Waals surface area contributed by atoms with Gasteiger partial charge in [0.25, 0.3) is 0 Å². The van der Waals surface area contributed by atoms with E-state index in [2.05, 4.69) is 16.8 Å². The monoisotopic (exact) mass is 587 g/mol. The number of aryl methyl sites for hydroxylation is 1. The van der Waals surface area contributed by atoms with E-state index in [1.165, 1.54) is 0 Å². The lowest BCUT2D eigenvalue weighted by Gasteiger charge is -2.26. The zero-order valence-corrected chi connectivity index (χ0v) is 25.0. The molecule has 1 amide bonds. The van der Waals surface area contributed by atoms with Gasteiger partial charge in [-0.2, -0.15) is 0 Å². The Balaban J connectivity index is 1.30. The predicted molar refractivity (Wildman–Crippen MR) is 174 cm³/mol. The van der Waals surface area contributed by atoms with Gasteiger partial charge < -0.3 is 19.8 Å². The number of aromatic carboxylic acids is 1. The number of anilines is 1. The van der Waals surface area contributed by atoms with Gasteiger partial charge >= 0.3 is 5.97 Å². The van der Waals surface area contributed by atoms with Crippen LogP contribution in [0.1, 0.15) is 67.2 Å². The molecular formula is C37H37N3O4. The van der Waals surface area contributed by atoms with Crippen LogP contribution >= 0.6 is 0 Å². The molecule has 6 rings (SSSR count). The summed E-state index contributed by atoms with van der Waals surface area (Å²) in [5, 5.41) is 14.8. The number of nitrogens with one attached hydrogen (secondary N) is 1. The van der Waals surface area contributed by atoms with Gasteiger partial charge in [0.1, 0.15) is 12.1 Å². The van der Waals surface area contributed by atoms with Crippen molar-refractivity contribution in [2.45, 2.75) is 58.4 Å². The molecule has 0 unspecified atom stereocenters. The Bertz CT molecular complexity index is 1840. The van der Waals surface area contributed by atoms with Gasteiger partial charge in [0.2, 0.25) is 5.91 Å². The molecule has 44 heavy (non-hydrogen) atoms. The molecule has 1 saturated carbocycles. The topological polar surface area (TPSA) is 101 Å². The lowest BCUT2D eigenvalue weighted by Crippen LogP contribution is -2.32. The average molecular weight is 588 g/mol. The molecule has 7 nitrogen and oxygen atoms in total. The van der Waals surface area contributed by atoms with E-state index >= 15 is 0 Å². The minimum Gasteiger partial charge on any atom is -0.478 e. The normalized spacial score (nSPS) is 16.7. The van der Waals surface area contributed by atoms with Crippen molar-refractivity contribution in [3.05, 3.63) is 95.8 Å². The standard InChI is InChI=1S/C37H37N3O4/c1-2-3-12-34-39-32-20-18-28(38-36(42)31-11-7-5-9-27(31)23-41)21-33(32)40(34)22-24-13-15-26(16-14-24)30-19-17-25-8-4-6-10-29(25)35(30)37(43)44/h4,6,8,10,13-21,23,27,31H,2-3,5,7,9,11-12,22H2,1H3,(H,38,42)(H,43,44)/t27-,31-/m1/s1. The Labute approximate surface area is 256 Å². The fourth-order valence-corrected chi connectivity index (χ4v) is 6.55. The van der Waals surface area contributed by atoms with Crippen molar-refractivity contribution in [3.8, 4) is 11.1 Å². The molecular weight excluding hydrogens is 550 g/mol. The van der Waals surface area contributed by atoms with Crippen LogP contribution in [0.3, 0.4) is 0 Å². The maximum absolute atomic E-state index is 13.2. The molecule has 7 heteroatoms. The van der Waals surface area contributed by atoms with E-state index in [1.54, 1.807) is 0 Å². The molecule has 4 aromatic carbocycles. The number of hydrogen-bond acceptors (Lipinski definition) is 4. The first-order chi connectivity index (χ1) is 21.5. The molecule has 0 spiro atoms. The maximum atomic E-state index is 13.2. The second-order valence-electron chi connectivity index (χ2n) is 11.8. The van der Waals surface area contributed by atoms with Gasteiger partial charge in [0, 0.05) is 30.5 Å². The molecule has 224 valence electrons. The van der Waals surface area contributed by atoms with Crippen molar-refractivity contribution in [1.29, 1.82) is 0 Å². The lowest BCUT2D eigenvalue weighted by molar-refractivity contribution is -0.126. The number of aromatic nitrogens is 2. The van der Waals surface area contributed by atoms with Crippen molar-refractivity contribution in [1.82, 2.24) is 9.55 Å². The number of unbranched alkanes of at least 4 members (excludes halogenated alkanes) is 1. The number of benzene rings is 4. The van der Waals surface area contributed by atoms with Gasteiger partial charge in [-0.25, -0.2) is 9.78 Å². The van der Waals surface area contributed by atoms with E-state index < -0.39 is 5.97 Å². The van der Waals surface area contributed by atoms with Crippen LogP contribution in [0.5, 0.6) is 0 Å². The molecule has 0 aliphatic heterocycles.